The second-order valence-electron chi connectivity index (χ2n) is 8.51. The molecule has 1 aromatic rings. The molecule has 0 aliphatic heterocycles. The van der Waals surface area contributed by atoms with Gasteiger partial charge in [-0.2, -0.15) is 0 Å². The Morgan fingerprint density at radius 3 is 2.38 bits per heavy atom. The molecule has 1 aliphatic rings. The summed E-state index contributed by atoms with van der Waals surface area (Å²) >= 11 is 0. The number of phenolic OH excluding ortho intramolecular Hbond substituents is 1. The summed E-state index contributed by atoms with van der Waals surface area (Å²) in [5, 5.41) is 9.42. The van der Waals surface area contributed by atoms with E-state index in [1.807, 2.05) is 13.0 Å². The Labute approximate surface area is 173 Å². The summed E-state index contributed by atoms with van der Waals surface area (Å²) < 4.78 is 11.4. The van der Waals surface area contributed by atoms with Crippen LogP contribution in [0.15, 0.2) is 47.6 Å². The summed E-state index contributed by atoms with van der Waals surface area (Å²) in [4.78, 5) is 24.3. The molecule has 5 heteroatoms. The Morgan fingerprint density at radius 2 is 1.76 bits per heavy atom. The van der Waals surface area contributed by atoms with Crippen molar-refractivity contribution in [2.45, 2.75) is 72.5 Å². The summed E-state index contributed by atoms with van der Waals surface area (Å²) in [6, 6.07) is 5.99. The molecule has 0 saturated carbocycles. The summed E-state index contributed by atoms with van der Waals surface area (Å²) in [7, 11) is 0. The maximum atomic E-state index is 12.6. The molecule has 2 rings (SSSR count). The van der Waals surface area contributed by atoms with Crippen LogP contribution in [0.1, 0.15) is 70.7 Å². The van der Waals surface area contributed by atoms with Crippen LogP contribution in [0.2, 0.25) is 0 Å². The first kappa shape index (κ1) is 22.7. The van der Waals surface area contributed by atoms with Gasteiger partial charge < -0.3 is 14.6 Å². The summed E-state index contributed by atoms with van der Waals surface area (Å²) in [5.74, 6) is -0.682. The number of carbonyl (C=O) groups excluding carboxylic acids is 2. The van der Waals surface area contributed by atoms with Crippen molar-refractivity contribution < 1.29 is 24.2 Å². The molecule has 29 heavy (non-hydrogen) atoms. The van der Waals surface area contributed by atoms with Crippen molar-refractivity contribution in [2.24, 2.45) is 5.41 Å². The Balaban J connectivity index is 2.33. The number of hydrogen-bond donors (Lipinski definition) is 1. The van der Waals surface area contributed by atoms with Crippen LogP contribution in [0, 0.1) is 5.41 Å². The molecule has 0 saturated heterocycles. The second-order valence-corrected chi connectivity index (χ2v) is 8.51. The molecule has 1 N–H and O–H groups in total. The number of esters is 2. The third kappa shape index (κ3) is 6.77. The van der Waals surface area contributed by atoms with Gasteiger partial charge in [0, 0.05) is 18.8 Å². The van der Waals surface area contributed by atoms with Crippen molar-refractivity contribution in [3.63, 3.8) is 0 Å². The minimum absolute atomic E-state index is 0.0950. The minimum Gasteiger partial charge on any atom is -0.508 e. The molecule has 0 radical (unpaired) electrons. The van der Waals surface area contributed by atoms with Crippen LogP contribution < -0.4 is 0 Å². The van der Waals surface area contributed by atoms with Gasteiger partial charge in [-0.05, 0) is 69.0 Å². The molecule has 1 aromatic carbocycles. The van der Waals surface area contributed by atoms with Crippen molar-refractivity contribution in [1.29, 1.82) is 0 Å². The van der Waals surface area contributed by atoms with Gasteiger partial charge in [-0.25, -0.2) is 4.79 Å². The Kier molecular flexibility index (Phi) is 7.66. The second kappa shape index (κ2) is 9.77. The number of allylic oxidation sites excluding steroid dienone is 1. The minimum atomic E-state index is -0.460. The molecule has 0 aromatic heterocycles. The van der Waals surface area contributed by atoms with Crippen LogP contribution in [0.4, 0.5) is 0 Å². The fraction of sp³-hybridized carbons (Fsp3) is 0.500. The molecule has 1 aliphatic carbocycles. The highest BCUT2D eigenvalue weighted by atomic mass is 16.5. The average molecular weight is 401 g/mol. The number of aromatic hydroxyl groups is 1. The molecule has 0 fully saturated rings. The Hall–Kier alpha value is -2.56. The molecule has 0 spiro atoms. The number of carbonyl (C=O) groups is 2. The van der Waals surface area contributed by atoms with Crippen LogP contribution in [-0.4, -0.2) is 29.3 Å². The maximum Gasteiger partial charge on any atom is 0.338 e. The van der Waals surface area contributed by atoms with Crippen molar-refractivity contribution in [3.8, 4) is 5.75 Å². The molecule has 0 unspecified atom stereocenters. The first-order valence-corrected chi connectivity index (χ1v) is 10.1. The van der Waals surface area contributed by atoms with Crippen LogP contribution in [0.25, 0.3) is 0 Å². The van der Waals surface area contributed by atoms with E-state index in [9.17, 15) is 14.7 Å². The SMILES string of the molecule is CC(=O)O[C@H]1/C=C(/C)[C@@H](OC(=O)c2ccc(O)cc2)C/C=C(\C)CCCC1(C)C. The van der Waals surface area contributed by atoms with Gasteiger partial charge in [0.2, 0.25) is 0 Å². The standard InChI is InChI=1S/C24H32O5/c1-16-7-6-14-24(4,5)22(28-18(3)25)15-17(2)21(13-8-16)29-23(27)19-9-11-20(26)12-10-19/h8-12,15,21-22,26H,6-7,13-14H2,1-5H3/b16-8+,17-15-/t21-,22-/m0/s1. The molecular weight excluding hydrogens is 368 g/mol. The maximum absolute atomic E-state index is 12.6. The normalized spacial score (nSPS) is 26.1. The Morgan fingerprint density at radius 1 is 1.10 bits per heavy atom. The molecule has 2 atom stereocenters. The number of benzene rings is 1. The van der Waals surface area contributed by atoms with Gasteiger partial charge in [-0.15, -0.1) is 0 Å². The topological polar surface area (TPSA) is 72.8 Å². The van der Waals surface area contributed by atoms with Gasteiger partial charge in [0.15, 0.2) is 0 Å². The van der Waals surface area contributed by atoms with Crippen molar-refractivity contribution in [1.82, 2.24) is 0 Å². The zero-order chi connectivity index (χ0) is 21.6. The van der Waals surface area contributed by atoms with Gasteiger partial charge in [0.05, 0.1) is 5.56 Å². The lowest BCUT2D eigenvalue weighted by Crippen LogP contribution is -2.33. The summed E-state index contributed by atoms with van der Waals surface area (Å²) in [6.45, 7) is 9.60. The Bertz CT molecular complexity index is 786. The molecule has 0 heterocycles. The third-order valence-corrected chi connectivity index (χ3v) is 5.41. The first-order chi connectivity index (χ1) is 13.6. The van der Waals surface area contributed by atoms with Gasteiger partial charge >= 0.3 is 11.9 Å². The number of phenols is 1. The molecular formula is C24H32O5. The predicted molar refractivity (Wildman–Crippen MR) is 113 cm³/mol. The zero-order valence-corrected chi connectivity index (χ0v) is 18.0. The highest BCUT2D eigenvalue weighted by Crippen LogP contribution is 2.34. The van der Waals surface area contributed by atoms with Crippen molar-refractivity contribution in [2.75, 3.05) is 0 Å². The fourth-order valence-electron chi connectivity index (χ4n) is 3.44. The van der Waals surface area contributed by atoms with Gasteiger partial charge in [0.1, 0.15) is 18.0 Å². The van der Waals surface area contributed by atoms with Crippen LogP contribution >= 0.6 is 0 Å². The quantitative estimate of drug-likeness (QED) is 0.547. The summed E-state index contributed by atoms with van der Waals surface area (Å²) in [6.07, 6.45) is 6.61. The lowest BCUT2D eigenvalue weighted by atomic mass is 9.80. The lowest BCUT2D eigenvalue weighted by molar-refractivity contribution is -0.149. The molecule has 0 amide bonds. The molecule has 5 nitrogen and oxygen atoms in total. The smallest absolute Gasteiger partial charge is 0.338 e. The van der Waals surface area contributed by atoms with Crippen molar-refractivity contribution >= 4 is 11.9 Å². The molecule has 0 bridgehead atoms. The number of rotatable bonds is 3. The van der Waals surface area contributed by atoms with E-state index in [4.69, 9.17) is 9.47 Å². The lowest BCUT2D eigenvalue weighted by Gasteiger charge is -2.32. The predicted octanol–water partition coefficient (Wildman–Crippen LogP) is 5.34. The van der Waals surface area contributed by atoms with E-state index >= 15 is 0 Å². The number of hydrogen-bond acceptors (Lipinski definition) is 5. The van der Waals surface area contributed by atoms with E-state index < -0.39 is 18.2 Å². The van der Waals surface area contributed by atoms with E-state index in [0.29, 0.717) is 12.0 Å². The van der Waals surface area contributed by atoms with Crippen LogP contribution in [-0.2, 0) is 14.3 Å². The monoisotopic (exact) mass is 400 g/mol. The average Bonchev–Trinajstić information content (AvgIpc) is 2.65. The zero-order valence-electron chi connectivity index (χ0n) is 18.0. The highest BCUT2D eigenvalue weighted by Gasteiger charge is 2.32. The van der Waals surface area contributed by atoms with Crippen LogP contribution in [0.5, 0.6) is 5.75 Å². The van der Waals surface area contributed by atoms with E-state index in [0.717, 1.165) is 24.8 Å². The van der Waals surface area contributed by atoms with E-state index in [1.165, 1.54) is 36.8 Å². The van der Waals surface area contributed by atoms with Gasteiger partial charge in [0.25, 0.3) is 0 Å². The number of ether oxygens (including phenoxy) is 2. The van der Waals surface area contributed by atoms with E-state index in [-0.39, 0.29) is 17.1 Å². The van der Waals surface area contributed by atoms with Crippen molar-refractivity contribution in [3.05, 3.63) is 53.1 Å². The van der Waals surface area contributed by atoms with Crippen LogP contribution in [0.3, 0.4) is 0 Å². The largest absolute Gasteiger partial charge is 0.508 e. The third-order valence-electron chi connectivity index (χ3n) is 5.41. The fourth-order valence-corrected chi connectivity index (χ4v) is 3.44. The highest BCUT2D eigenvalue weighted by molar-refractivity contribution is 5.89. The molecule has 158 valence electrons. The van der Waals surface area contributed by atoms with E-state index in [1.54, 1.807) is 0 Å². The van der Waals surface area contributed by atoms with Gasteiger partial charge in [-0.3, -0.25) is 4.79 Å². The van der Waals surface area contributed by atoms with E-state index in [2.05, 4.69) is 26.8 Å². The first-order valence-electron chi connectivity index (χ1n) is 10.1. The summed E-state index contributed by atoms with van der Waals surface area (Å²) in [5.41, 5.74) is 2.25. The van der Waals surface area contributed by atoms with Gasteiger partial charge in [-0.1, -0.05) is 25.5 Å².